The normalized spacial score (nSPS) is 14.7. The van der Waals surface area contributed by atoms with Gasteiger partial charge in [0.15, 0.2) is 0 Å². The largest absolute Gasteiger partial charge is 0.493 e. The van der Waals surface area contributed by atoms with Crippen molar-refractivity contribution in [3.05, 3.63) is 62.6 Å². The van der Waals surface area contributed by atoms with Crippen LogP contribution in [0.4, 0.5) is 0 Å². The molecule has 0 aliphatic carbocycles. The Bertz CT molecular complexity index is 685. The van der Waals surface area contributed by atoms with Crippen LogP contribution in [0.5, 0.6) is 5.75 Å². The minimum absolute atomic E-state index is 0.130. The Balaban J connectivity index is 1.88. The maximum atomic E-state index is 6.33. The molecular formula is C17H17Cl2NO. The Hall–Kier alpha value is -1.22. The van der Waals surface area contributed by atoms with Crippen molar-refractivity contribution in [2.45, 2.75) is 25.8 Å². The lowest BCUT2D eigenvalue weighted by molar-refractivity contribution is 0.352. The van der Waals surface area contributed by atoms with E-state index in [1.165, 1.54) is 5.56 Å². The average Bonchev–Trinajstić information content (AvgIpc) is 2.90. The number of benzene rings is 2. The van der Waals surface area contributed by atoms with Crippen molar-refractivity contribution in [1.82, 2.24) is 0 Å². The van der Waals surface area contributed by atoms with Crippen LogP contribution in [0.2, 0.25) is 10.0 Å². The number of nitrogens with two attached hydrogens (primary N) is 1. The van der Waals surface area contributed by atoms with E-state index in [-0.39, 0.29) is 6.04 Å². The molecule has 0 saturated heterocycles. The number of aryl methyl sites for hydroxylation is 1. The third kappa shape index (κ3) is 3.03. The lowest BCUT2D eigenvalue weighted by atomic mass is 9.97. The Morgan fingerprint density at radius 1 is 1.24 bits per heavy atom. The van der Waals surface area contributed by atoms with Gasteiger partial charge in [-0.2, -0.15) is 0 Å². The van der Waals surface area contributed by atoms with Gasteiger partial charge in [-0.25, -0.2) is 0 Å². The number of hydrogen-bond donors (Lipinski definition) is 1. The molecule has 4 heteroatoms. The molecule has 1 aliphatic heterocycles. The second-order valence-corrected chi connectivity index (χ2v) is 6.31. The smallest absolute Gasteiger partial charge is 0.125 e. The van der Waals surface area contributed by atoms with Gasteiger partial charge in [0.2, 0.25) is 0 Å². The van der Waals surface area contributed by atoms with Crippen LogP contribution in [0.3, 0.4) is 0 Å². The molecule has 1 heterocycles. The summed E-state index contributed by atoms with van der Waals surface area (Å²) in [5.74, 6) is 0.952. The summed E-state index contributed by atoms with van der Waals surface area (Å²) < 4.78 is 5.72. The summed E-state index contributed by atoms with van der Waals surface area (Å²) in [7, 11) is 0. The van der Waals surface area contributed by atoms with Crippen molar-refractivity contribution in [3.63, 3.8) is 0 Å². The molecule has 0 bridgehead atoms. The molecular weight excluding hydrogens is 305 g/mol. The molecule has 0 radical (unpaired) electrons. The number of fused-ring (bicyclic) bond motifs is 1. The van der Waals surface area contributed by atoms with Crippen molar-refractivity contribution >= 4 is 23.2 Å². The molecule has 0 fully saturated rings. The van der Waals surface area contributed by atoms with Gasteiger partial charge >= 0.3 is 0 Å². The van der Waals surface area contributed by atoms with E-state index in [1.54, 1.807) is 0 Å². The quantitative estimate of drug-likeness (QED) is 0.904. The van der Waals surface area contributed by atoms with Crippen molar-refractivity contribution in [3.8, 4) is 5.75 Å². The highest BCUT2D eigenvalue weighted by molar-refractivity contribution is 6.31. The third-order valence-corrected chi connectivity index (χ3v) is 4.51. The lowest BCUT2D eigenvalue weighted by Crippen LogP contribution is -2.14. The molecule has 0 aromatic heterocycles. The highest BCUT2D eigenvalue weighted by atomic mass is 35.5. The van der Waals surface area contributed by atoms with Crippen LogP contribution < -0.4 is 10.5 Å². The number of halogens is 2. The monoisotopic (exact) mass is 321 g/mol. The fourth-order valence-electron chi connectivity index (χ4n) is 2.69. The predicted molar refractivity (Wildman–Crippen MR) is 87.5 cm³/mol. The van der Waals surface area contributed by atoms with Gasteiger partial charge in [0.1, 0.15) is 5.75 Å². The maximum Gasteiger partial charge on any atom is 0.125 e. The maximum absolute atomic E-state index is 6.33. The van der Waals surface area contributed by atoms with E-state index in [2.05, 4.69) is 0 Å². The van der Waals surface area contributed by atoms with Crippen LogP contribution in [0.15, 0.2) is 30.3 Å². The molecule has 1 atom stereocenters. The van der Waals surface area contributed by atoms with Gasteiger partial charge in [0.25, 0.3) is 0 Å². The first-order valence-corrected chi connectivity index (χ1v) is 7.76. The van der Waals surface area contributed by atoms with E-state index >= 15 is 0 Å². The molecule has 2 aromatic rings. The second-order valence-electron chi connectivity index (χ2n) is 5.47. The Labute approximate surface area is 134 Å². The van der Waals surface area contributed by atoms with Crippen molar-refractivity contribution < 1.29 is 4.74 Å². The van der Waals surface area contributed by atoms with Crippen LogP contribution in [-0.2, 0) is 12.8 Å². The van der Waals surface area contributed by atoms with Gasteiger partial charge in [-0.05, 0) is 53.8 Å². The molecule has 0 spiro atoms. The first-order chi connectivity index (χ1) is 10.0. The molecule has 2 nitrogen and oxygen atoms in total. The summed E-state index contributed by atoms with van der Waals surface area (Å²) in [6.07, 6.45) is 1.59. The molecule has 110 valence electrons. The fraction of sp³-hybridized carbons (Fsp3) is 0.294. The summed E-state index contributed by atoms with van der Waals surface area (Å²) in [4.78, 5) is 0. The lowest BCUT2D eigenvalue weighted by Gasteiger charge is -2.16. The first kappa shape index (κ1) is 14.7. The van der Waals surface area contributed by atoms with Crippen molar-refractivity contribution in [2.75, 3.05) is 6.61 Å². The molecule has 1 unspecified atom stereocenters. The molecule has 21 heavy (non-hydrogen) atoms. The Morgan fingerprint density at radius 3 is 2.81 bits per heavy atom. The zero-order chi connectivity index (χ0) is 15.0. The van der Waals surface area contributed by atoms with E-state index in [1.807, 2.05) is 37.3 Å². The van der Waals surface area contributed by atoms with E-state index in [9.17, 15) is 0 Å². The topological polar surface area (TPSA) is 35.2 Å². The Morgan fingerprint density at radius 2 is 2.05 bits per heavy atom. The molecule has 1 aliphatic rings. The van der Waals surface area contributed by atoms with Crippen LogP contribution in [0.25, 0.3) is 0 Å². The van der Waals surface area contributed by atoms with E-state index in [4.69, 9.17) is 33.7 Å². The molecule has 3 rings (SSSR count). The highest BCUT2D eigenvalue weighted by Gasteiger charge is 2.19. The van der Waals surface area contributed by atoms with Gasteiger partial charge < -0.3 is 10.5 Å². The molecule has 2 N–H and O–H groups in total. The second kappa shape index (κ2) is 5.88. The summed E-state index contributed by atoms with van der Waals surface area (Å²) >= 11 is 12.4. The average molecular weight is 322 g/mol. The van der Waals surface area contributed by atoms with E-state index in [0.717, 1.165) is 38.9 Å². The summed E-state index contributed by atoms with van der Waals surface area (Å²) in [6.45, 7) is 2.70. The summed E-state index contributed by atoms with van der Waals surface area (Å²) in [6, 6.07) is 9.75. The zero-order valence-corrected chi connectivity index (χ0v) is 13.3. The fourth-order valence-corrected chi connectivity index (χ4v) is 3.14. The SMILES string of the molecule is Cc1ccc(C(N)Cc2cc(Cl)cc3c2OCC3)cc1Cl. The molecule has 0 saturated carbocycles. The van der Waals surface area contributed by atoms with Crippen molar-refractivity contribution in [2.24, 2.45) is 5.73 Å². The van der Waals surface area contributed by atoms with Crippen LogP contribution >= 0.6 is 23.2 Å². The van der Waals surface area contributed by atoms with E-state index < -0.39 is 0 Å². The number of ether oxygens (including phenoxy) is 1. The molecule has 0 amide bonds. The van der Waals surface area contributed by atoms with Gasteiger partial charge in [-0.3, -0.25) is 0 Å². The minimum Gasteiger partial charge on any atom is -0.493 e. The Kier molecular flexibility index (Phi) is 4.12. The predicted octanol–water partition coefficient (Wildman–Crippen LogP) is 4.48. The van der Waals surface area contributed by atoms with Crippen LogP contribution in [0.1, 0.15) is 28.3 Å². The third-order valence-electron chi connectivity index (χ3n) is 3.89. The molecule has 2 aromatic carbocycles. The highest BCUT2D eigenvalue weighted by Crippen LogP contribution is 2.35. The summed E-state index contributed by atoms with van der Waals surface area (Å²) in [5.41, 5.74) is 10.7. The zero-order valence-electron chi connectivity index (χ0n) is 11.8. The van der Waals surface area contributed by atoms with Gasteiger partial charge in [-0.15, -0.1) is 0 Å². The van der Waals surface area contributed by atoms with Gasteiger partial charge in [0.05, 0.1) is 6.61 Å². The number of rotatable bonds is 3. The number of hydrogen-bond acceptors (Lipinski definition) is 2. The van der Waals surface area contributed by atoms with Crippen molar-refractivity contribution in [1.29, 1.82) is 0 Å². The van der Waals surface area contributed by atoms with Gasteiger partial charge in [0, 0.05) is 22.5 Å². The summed E-state index contributed by atoms with van der Waals surface area (Å²) in [5, 5.41) is 1.49. The minimum atomic E-state index is -0.130. The van der Waals surface area contributed by atoms with E-state index in [0.29, 0.717) is 13.0 Å². The first-order valence-electron chi connectivity index (χ1n) is 7.00. The van der Waals surface area contributed by atoms with Crippen LogP contribution in [0, 0.1) is 6.92 Å². The van der Waals surface area contributed by atoms with Crippen LogP contribution in [-0.4, -0.2) is 6.61 Å². The van der Waals surface area contributed by atoms with Gasteiger partial charge in [-0.1, -0.05) is 35.3 Å². The standard InChI is InChI=1S/C17H17Cl2NO/c1-10-2-3-11(8-15(10)19)16(20)9-13-7-14(18)6-12-4-5-21-17(12)13/h2-3,6-8,16H,4-5,9,20H2,1H3.